The fraction of sp³-hybridized carbons (Fsp3) is 0.625. The van der Waals surface area contributed by atoms with Gasteiger partial charge < -0.3 is 15.0 Å². The van der Waals surface area contributed by atoms with Crippen LogP contribution in [0.4, 0.5) is 0 Å². The molecule has 3 nitrogen and oxygen atoms in total. The normalized spacial score (nSPS) is 11.3. The van der Waals surface area contributed by atoms with E-state index in [0.717, 1.165) is 38.5 Å². The number of nitrogens with one attached hydrogen (secondary N) is 1. The van der Waals surface area contributed by atoms with E-state index in [1.54, 1.807) is 0 Å². The zero-order chi connectivity index (χ0) is 14.1. The summed E-state index contributed by atoms with van der Waals surface area (Å²) in [4.78, 5) is 2.42. The number of nitrogens with zero attached hydrogens (tertiary/aromatic N) is 1. The van der Waals surface area contributed by atoms with Gasteiger partial charge in [0.1, 0.15) is 5.75 Å². The molecule has 1 aromatic rings. The molecule has 0 atom stereocenters. The number of hydrogen-bond donors (Lipinski definition) is 1. The van der Waals surface area contributed by atoms with Crippen LogP contribution in [-0.4, -0.2) is 37.2 Å². The molecule has 1 N–H and O–H groups in total. The van der Waals surface area contributed by atoms with Gasteiger partial charge in [-0.15, -0.1) is 0 Å². The lowest BCUT2D eigenvalue weighted by Crippen LogP contribution is -2.31. The number of likely N-dealkylation sites (N-methyl/N-ethyl adjacent to an activating group) is 1. The maximum atomic E-state index is 5.82. The predicted octanol–water partition coefficient (Wildman–Crippen LogP) is 2.91. The SMILES string of the molecule is CCN(CC)CCNCc1ccccc1OC(C)C. The summed E-state index contributed by atoms with van der Waals surface area (Å²) in [5.74, 6) is 0.993. The molecule has 0 unspecified atom stereocenters. The van der Waals surface area contributed by atoms with Gasteiger partial charge in [-0.25, -0.2) is 0 Å². The Hall–Kier alpha value is -1.06. The van der Waals surface area contributed by atoms with Crippen molar-refractivity contribution in [2.24, 2.45) is 0 Å². The molecule has 0 aliphatic heterocycles. The Morgan fingerprint density at radius 2 is 1.84 bits per heavy atom. The highest BCUT2D eigenvalue weighted by molar-refractivity contribution is 5.33. The van der Waals surface area contributed by atoms with E-state index < -0.39 is 0 Å². The molecule has 0 amide bonds. The van der Waals surface area contributed by atoms with Gasteiger partial charge in [0.05, 0.1) is 6.10 Å². The van der Waals surface area contributed by atoms with E-state index in [1.165, 1.54) is 5.56 Å². The summed E-state index contributed by atoms with van der Waals surface area (Å²) >= 11 is 0. The van der Waals surface area contributed by atoms with Crippen LogP contribution in [0.15, 0.2) is 24.3 Å². The van der Waals surface area contributed by atoms with E-state index in [1.807, 2.05) is 12.1 Å². The first-order valence-corrected chi connectivity index (χ1v) is 7.35. The van der Waals surface area contributed by atoms with Gasteiger partial charge in [0.15, 0.2) is 0 Å². The molecule has 0 heterocycles. The van der Waals surface area contributed by atoms with Gasteiger partial charge in [-0.3, -0.25) is 0 Å². The number of ether oxygens (including phenoxy) is 1. The van der Waals surface area contributed by atoms with Crippen molar-refractivity contribution in [2.45, 2.75) is 40.3 Å². The Morgan fingerprint density at radius 1 is 1.16 bits per heavy atom. The Morgan fingerprint density at radius 3 is 2.47 bits per heavy atom. The lowest BCUT2D eigenvalue weighted by molar-refractivity contribution is 0.239. The summed E-state index contributed by atoms with van der Waals surface area (Å²) in [6.45, 7) is 13.7. The van der Waals surface area contributed by atoms with Crippen LogP contribution in [0.25, 0.3) is 0 Å². The fourth-order valence-corrected chi connectivity index (χ4v) is 2.02. The molecule has 0 saturated carbocycles. The van der Waals surface area contributed by atoms with Gasteiger partial charge in [0, 0.05) is 25.2 Å². The number of rotatable bonds is 9. The average Bonchev–Trinajstić information content (AvgIpc) is 2.40. The van der Waals surface area contributed by atoms with Crippen molar-refractivity contribution in [1.29, 1.82) is 0 Å². The van der Waals surface area contributed by atoms with Crippen molar-refractivity contribution in [3.63, 3.8) is 0 Å². The standard InChI is InChI=1S/C16H28N2O/c1-5-18(6-2)12-11-17-13-15-9-7-8-10-16(15)19-14(3)4/h7-10,14,17H,5-6,11-13H2,1-4H3. The van der Waals surface area contributed by atoms with Crippen molar-refractivity contribution in [1.82, 2.24) is 10.2 Å². The second kappa shape index (κ2) is 8.94. The summed E-state index contributed by atoms with van der Waals surface area (Å²) < 4.78 is 5.82. The minimum absolute atomic E-state index is 0.219. The third kappa shape index (κ3) is 6.08. The summed E-state index contributed by atoms with van der Waals surface area (Å²) in [6.07, 6.45) is 0.219. The minimum atomic E-state index is 0.219. The van der Waals surface area contributed by atoms with Crippen LogP contribution < -0.4 is 10.1 Å². The van der Waals surface area contributed by atoms with Crippen LogP contribution in [0.3, 0.4) is 0 Å². The van der Waals surface area contributed by atoms with Gasteiger partial charge in [-0.05, 0) is 33.0 Å². The van der Waals surface area contributed by atoms with E-state index in [2.05, 4.69) is 50.0 Å². The van der Waals surface area contributed by atoms with E-state index in [9.17, 15) is 0 Å². The van der Waals surface area contributed by atoms with Gasteiger partial charge in [-0.2, -0.15) is 0 Å². The number of para-hydroxylation sites is 1. The zero-order valence-electron chi connectivity index (χ0n) is 12.8. The molecule has 108 valence electrons. The predicted molar refractivity (Wildman–Crippen MR) is 81.7 cm³/mol. The largest absolute Gasteiger partial charge is 0.491 e. The molecule has 0 saturated heterocycles. The first-order valence-electron chi connectivity index (χ1n) is 7.35. The number of benzene rings is 1. The summed E-state index contributed by atoms with van der Waals surface area (Å²) in [7, 11) is 0. The lowest BCUT2D eigenvalue weighted by atomic mass is 10.2. The molecule has 1 rings (SSSR count). The summed E-state index contributed by atoms with van der Waals surface area (Å²) in [5, 5.41) is 3.49. The molecule has 0 bridgehead atoms. The van der Waals surface area contributed by atoms with Crippen molar-refractivity contribution in [2.75, 3.05) is 26.2 Å². The third-order valence-corrected chi connectivity index (χ3v) is 3.15. The van der Waals surface area contributed by atoms with E-state index in [0.29, 0.717) is 0 Å². The molecular formula is C16H28N2O. The topological polar surface area (TPSA) is 24.5 Å². The lowest BCUT2D eigenvalue weighted by Gasteiger charge is -2.19. The molecule has 0 aliphatic carbocycles. The summed E-state index contributed by atoms with van der Waals surface area (Å²) in [6, 6.07) is 8.26. The Labute approximate surface area is 118 Å². The molecular weight excluding hydrogens is 236 g/mol. The van der Waals surface area contributed by atoms with E-state index >= 15 is 0 Å². The molecule has 19 heavy (non-hydrogen) atoms. The monoisotopic (exact) mass is 264 g/mol. The maximum absolute atomic E-state index is 5.82. The van der Waals surface area contributed by atoms with Crippen LogP contribution >= 0.6 is 0 Å². The van der Waals surface area contributed by atoms with Crippen LogP contribution in [0.2, 0.25) is 0 Å². The van der Waals surface area contributed by atoms with E-state index in [4.69, 9.17) is 4.74 Å². The van der Waals surface area contributed by atoms with E-state index in [-0.39, 0.29) is 6.10 Å². The first-order chi connectivity index (χ1) is 9.17. The smallest absolute Gasteiger partial charge is 0.124 e. The van der Waals surface area contributed by atoms with Crippen molar-refractivity contribution in [3.05, 3.63) is 29.8 Å². The quantitative estimate of drug-likeness (QED) is 0.694. The van der Waals surface area contributed by atoms with Crippen molar-refractivity contribution >= 4 is 0 Å². The fourth-order valence-electron chi connectivity index (χ4n) is 2.02. The van der Waals surface area contributed by atoms with Gasteiger partial charge in [0.2, 0.25) is 0 Å². The van der Waals surface area contributed by atoms with Crippen LogP contribution in [0.5, 0.6) is 5.75 Å². The van der Waals surface area contributed by atoms with Gasteiger partial charge >= 0.3 is 0 Å². The zero-order valence-corrected chi connectivity index (χ0v) is 12.8. The van der Waals surface area contributed by atoms with Crippen LogP contribution in [0, 0.1) is 0 Å². The molecule has 0 radical (unpaired) electrons. The second-order valence-electron chi connectivity index (χ2n) is 4.98. The average molecular weight is 264 g/mol. The molecule has 1 aromatic carbocycles. The molecule has 0 aliphatic rings. The highest BCUT2D eigenvalue weighted by atomic mass is 16.5. The summed E-state index contributed by atoms with van der Waals surface area (Å²) in [5.41, 5.74) is 1.23. The second-order valence-corrected chi connectivity index (χ2v) is 4.98. The molecule has 0 aromatic heterocycles. The highest BCUT2D eigenvalue weighted by Gasteiger charge is 2.04. The molecule has 0 fully saturated rings. The third-order valence-electron chi connectivity index (χ3n) is 3.15. The van der Waals surface area contributed by atoms with Crippen LogP contribution in [-0.2, 0) is 6.54 Å². The Balaban J connectivity index is 2.40. The van der Waals surface area contributed by atoms with Gasteiger partial charge in [0.25, 0.3) is 0 Å². The van der Waals surface area contributed by atoms with Crippen molar-refractivity contribution < 1.29 is 4.74 Å². The number of hydrogen-bond acceptors (Lipinski definition) is 3. The van der Waals surface area contributed by atoms with Crippen LogP contribution in [0.1, 0.15) is 33.3 Å². The first kappa shape index (κ1) is 16.0. The van der Waals surface area contributed by atoms with Gasteiger partial charge in [-0.1, -0.05) is 32.0 Å². The Kier molecular flexibility index (Phi) is 7.53. The molecule has 3 heteroatoms. The van der Waals surface area contributed by atoms with Crippen molar-refractivity contribution in [3.8, 4) is 5.75 Å². The molecule has 0 spiro atoms. The highest BCUT2D eigenvalue weighted by Crippen LogP contribution is 2.18. The maximum Gasteiger partial charge on any atom is 0.124 e. The Bertz CT molecular complexity index is 348. The minimum Gasteiger partial charge on any atom is -0.491 e.